The molecule has 3 aromatic rings. The summed E-state index contributed by atoms with van der Waals surface area (Å²) in [7, 11) is 0. The molecule has 0 bridgehead atoms. The maximum Gasteiger partial charge on any atom is 0.330 e. The molecule has 0 N–H and O–H groups in total. The number of anilines is 3. The fourth-order valence-corrected chi connectivity index (χ4v) is 3.46. The molecule has 0 spiro atoms. The smallest absolute Gasteiger partial charge is 0.330 e. The zero-order valence-electron chi connectivity index (χ0n) is 21.1. The highest BCUT2D eigenvalue weighted by atomic mass is 16.6. The molecule has 0 saturated heterocycles. The van der Waals surface area contributed by atoms with Gasteiger partial charge in [0.2, 0.25) is 0 Å². The normalized spacial score (nSPS) is 10.2. The summed E-state index contributed by atoms with van der Waals surface area (Å²) in [5.41, 5.74) is 5.08. The topological polar surface area (TPSA) is 74.3 Å². The molecule has 0 unspecified atom stereocenters. The summed E-state index contributed by atoms with van der Waals surface area (Å²) in [5, 5.41) is 0. The minimum Gasteiger partial charge on any atom is -0.490 e. The number of benzene rings is 3. The zero-order valence-corrected chi connectivity index (χ0v) is 21.1. The van der Waals surface area contributed by atoms with Crippen LogP contribution < -0.4 is 14.4 Å². The first-order valence-corrected chi connectivity index (χ1v) is 11.8. The van der Waals surface area contributed by atoms with E-state index in [0.717, 1.165) is 34.8 Å². The van der Waals surface area contributed by atoms with E-state index in [-0.39, 0.29) is 26.4 Å². The minimum atomic E-state index is -0.487. The van der Waals surface area contributed by atoms with Gasteiger partial charge in [-0.3, -0.25) is 0 Å². The van der Waals surface area contributed by atoms with Gasteiger partial charge in [0.05, 0.1) is 0 Å². The first-order chi connectivity index (χ1) is 17.9. The van der Waals surface area contributed by atoms with Crippen molar-refractivity contribution >= 4 is 29.0 Å². The number of ether oxygens (including phenoxy) is 4. The summed E-state index contributed by atoms with van der Waals surface area (Å²) >= 11 is 0. The predicted molar refractivity (Wildman–Crippen MR) is 144 cm³/mol. The molecule has 0 fully saturated rings. The van der Waals surface area contributed by atoms with Crippen molar-refractivity contribution in [2.75, 3.05) is 31.3 Å². The maximum absolute atomic E-state index is 11.2. The quantitative estimate of drug-likeness (QED) is 0.162. The van der Waals surface area contributed by atoms with Gasteiger partial charge in [-0.05, 0) is 61.4 Å². The average Bonchev–Trinajstić information content (AvgIpc) is 2.91. The molecular formula is C30H31NO6. The molecular weight excluding hydrogens is 470 g/mol. The maximum atomic E-state index is 11.2. The third kappa shape index (κ3) is 8.00. The van der Waals surface area contributed by atoms with E-state index in [1.807, 2.05) is 48.5 Å². The minimum absolute atomic E-state index is 0.122. The lowest BCUT2D eigenvalue weighted by atomic mass is 10.1. The second kappa shape index (κ2) is 13.5. The Morgan fingerprint density at radius 2 is 1.16 bits per heavy atom. The van der Waals surface area contributed by atoms with Crippen molar-refractivity contribution in [3.63, 3.8) is 0 Å². The molecule has 0 heterocycles. The number of rotatable bonds is 13. The molecule has 3 rings (SSSR count). The van der Waals surface area contributed by atoms with Gasteiger partial charge in [0.1, 0.15) is 37.9 Å². The highest BCUT2D eigenvalue weighted by molar-refractivity contribution is 5.81. The van der Waals surface area contributed by atoms with Gasteiger partial charge in [0, 0.05) is 41.3 Å². The lowest BCUT2D eigenvalue weighted by Gasteiger charge is -2.27. The largest absolute Gasteiger partial charge is 0.490 e. The van der Waals surface area contributed by atoms with Crippen LogP contribution in [0.15, 0.2) is 92.0 Å². The first-order valence-electron chi connectivity index (χ1n) is 11.8. The number of hydrogen-bond acceptors (Lipinski definition) is 7. The van der Waals surface area contributed by atoms with Crippen LogP contribution in [-0.4, -0.2) is 38.4 Å². The first kappa shape index (κ1) is 27.1. The number of carbonyl (C=O) groups is 2. The summed E-state index contributed by atoms with van der Waals surface area (Å²) in [5.74, 6) is 0.299. The van der Waals surface area contributed by atoms with Gasteiger partial charge in [0.25, 0.3) is 0 Å². The van der Waals surface area contributed by atoms with Crippen molar-refractivity contribution in [1.82, 2.24) is 0 Å². The molecule has 0 aliphatic rings. The lowest BCUT2D eigenvalue weighted by Crippen LogP contribution is -2.13. The van der Waals surface area contributed by atoms with Gasteiger partial charge in [-0.15, -0.1) is 0 Å². The van der Waals surface area contributed by atoms with Gasteiger partial charge in [-0.1, -0.05) is 31.4 Å². The summed E-state index contributed by atoms with van der Waals surface area (Å²) in [6.45, 7) is 11.6. The lowest BCUT2D eigenvalue weighted by molar-refractivity contribution is -0.139. The standard InChI is InChI=1S/C30H31NO6/c1-5-29(32)36-17-15-34-27-11-7-9-24(20-27)31(26-14-13-22(3)23(4)19-26)25-10-8-12-28(21-25)35-16-18-37-30(33)6-2/h5-14,19-21H,1-2,15-18H2,3-4H3. The molecule has 0 atom stereocenters. The molecule has 0 amide bonds. The number of carbonyl (C=O) groups excluding carboxylic acids is 2. The summed E-state index contributed by atoms with van der Waals surface area (Å²) in [6, 6.07) is 21.6. The van der Waals surface area contributed by atoms with E-state index in [0.29, 0.717) is 11.5 Å². The second-order valence-corrected chi connectivity index (χ2v) is 8.04. The van der Waals surface area contributed by atoms with Crippen molar-refractivity contribution in [2.45, 2.75) is 13.8 Å². The Kier molecular flexibility index (Phi) is 9.91. The van der Waals surface area contributed by atoms with Crippen LogP contribution in [0.5, 0.6) is 11.5 Å². The molecule has 0 radical (unpaired) electrons. The SMILES string of the molecule is C=CC(=O)OCCOc1cccc(N(c2cccc(OCCOC(=O)C=C)c2)c2ccc(C)c(C)c2)c1. The van der Waals surface area contributed by atoms with Gasteiger partial charge in [-0.2, -0.15) is 0 Å². The van der Waals surface area contributed by atoms with E-state index in [1.165, 1.54) is 5.56 Å². The third-order valence-corrected chi connectivity index (χ3v) is 5.43. The van der Waals surface area contributed by atoms with Crippen LogP contribution in [0.25, 0.3) is 0 Å². The highest BCUT2D eigenvalue weighted by Crippen LogP contribution is 2.38. The van der Waals surface area contributed by atoms with Crippen molar-refractivity contribution in [2.24, 2.45) is 0 Å². The molecule has 7 nitrogen and oxygen atoms in total. The summed E-state index contributed by atoms with van der Waals surface area (Å²) < 4.78 is 21.6. The van der Waals surface area contributed by atoms with Crippen LogP contribution in [0.3, 0.4) is 0 Å². The Bertz CT molecular complexity index is 1180. The number of nitrogens with zero attached hydrogens (tertiary/aromatic N) is 1. The van der Waals surface area contributed by atoms with E-state index in [4.69, 9.17) is 18.9 Å². The van der Waals surface area contributed by atoms with Crippen LogP contribution in [0.4, 0.5) is 17.1 Å². The molecule has 0 aliphatic heterocycles. The summed E-state index contributed by atoms with van der Waals surface area (Å²) in [6.07, 6.45) is 2.24. The Morgan fingerprint density at radius 3 is 1.62 bits per heavy atom. The fourth-order valence-electron chi connectivity index (χ4n) is 3.46. The van der Waals surface area contributed by atoms with Crippen molar-refractivity contribution in [3.8, 4) is 11.5 Å². The number of hydrogen-bond donors (Lipinski definition) is 0. The third-order valence-electron chi connectivity index (χ3n) is 5.43. The van der Waals surface area contributed by atoms with Gasteiger partial charge in [0.15, 0.2) is 0 Å². The number of esters is 2. The van der Waals surface area contributed by atoms with E-state index >= 15 is 0 Å². The fraction of sp³-hybridized carbons (Fsp3) is 0.200. The predicted octanol–water partition coefficient (Wildman–Crippen LogP) is 5.99. The van der Waals surface area contributed by atoms with Crippen LogP contribution in [0.1, 0.15) is 11.1 Å². The van der Waals surface area contributed by atoms with Gasteiger partial charge in [-0.25, -0.2) is 9.59 Å². The van der Waals surface area contributed by atoms with Gasteiger partial charge < -0.3 is 23.8 Å². The second-order valence-electron chi connectivity index (χ2n) is 8.04. The van der Waals surface area contributed by atoms with Crippen LogP contribution >= 0.6 is 0 Å². The summed E-state index contributed by atoms with van der Waals surface area (Å²) in [4.78, 5) is 24.6. The van der Waals surface area contributed by atoms with Crippen LogP contribution in [-0.2, 0) is 19.1 Å². The van der Waals surface area contributed by atoms with Crippen molar-refractivity contribution < 1.29 is 28.5 Å². The van der Waals surface area contributed by atoms with E-state index in [9.17, 15) is 9.59 Å². The number of aryl methyl sites for hydroxylation is 2. The van der Waals surface area contributed by atoms with Crippen molar-refractivity contribution in [1.29, 1.82) is 0 Å². The molecule has 3 aromatic carbocycles. The monoisotopic (exact) mass is 501 g/mol. The Labute approximate surface area is 217 Å². The Morgan fingerprint density at radius 1 is 0.676 bits per heavy atom. The molecule has 0 aliphatic carbocycles. The van der Waals surface area contributed by atoms with Crippen molar-refractivity contribution in [3.05, 3.63) is 103 Å². The molecule has 0 saturated carbocycles. The molecule has 192 valence electrons. The van der Waals surface area contributed by atoms with E-state index in [1.54, 1.807) is 0 Å². The van der Waals surface area contributed by atoms with E-state index < -0.39 is 11.9 Å². The van der Waals surface area contributed by atoms with Crippen LogP contribution in [0.2, 0.25) is 0 Å². The van der Waals surface area contributed by atoms with Crippen LogP contribution in [0, 0.1) is 13.8 Å². The van der Waals surface area contributed by atoms with E-state index in [2.05, 4.69) is 50.1 Å². The molecule has 37 heavy (non-hydrogen) atoms. The zero-order chi connectivity index (χ0) is 26.6. The van der Waals surface area contributed by atoms with Gasteiger partial charge >= 0.3 is 11.9 Å². The highest BCUT2D eigenvalue weighted by Gasteiger charge is 2.15. The molecule has 0 aromatic heterocycles. The Balaban J connectivity index is 1.85. The average molecular weight is 502 g/mol. The molecule has 7 heteroatoms. The Hall–Kier alpha value is -4.52.